The van der Waals surface area contributed by atoms with Gasteiger partial charge in [0.1, 0.15) is 18.0 Å². The van der Waals surface area contributed by atoms with Crippen LogP contribution in [0.5, 0.6) is 5.75 Å². The molecule has 1 aliphatic heterocycles. The van der Waals surface area contributed by atoms with Crippen LogP contribution >= 0.6 is 0 Å². The van der Waals surface area contributed by atoms with Gasteiger partial charge in [0, 0.05) is 49.1 Å². The number of allylic oxidation sites excluding steroid dienone is 1. The smallest absolute Gasteiger partial charge is 0.412 e. The maximum absolute atomic E-state index is 14.2. The Morgan fingerprint density at radius 3 is 2.17 bits per heavy atom. The number of hydrogen-bond acceptors (Lipinski definition) is 5. The predicted octanol–water partition coefficient (Wildman–Crippen LogP) is 9.62. The highest BCUT2D eigenvalue weighted by molar-refractivity contribution is 6.10. The fourth-order valence-corrected chi connectivity index (χ4v) is 6.66. The number of nitrogens with zero attached hydrogens (tertiary/aromatic N) is 2. The summed E-state index contributed by atoms with van der Waals surface area (Å²) in [7, 11) is 0. The summed E-state index contributed by atoms with van der Waals surface area (Å²) in [6, 6.07) is 33.3. The Labute approximate surface area is 314 Å². The molecule has 8 nitrogen and oxygen atoms in total. The lowest BCUT2D eigenvalue weighted by molar-refractivity contribution is -0.884. The zero-order valence-corrected chi connectivity index (χ0v) is 31.4. The summed E-state index contributed by atoms with van der Waals surface area (Å²) in [5.41, 5.74) is 4.06. The summed E-state index contributed by atoms with van der Waals surface area (Å²) in [6.07, 6.45) is 7.63. The highest BCUT2D eigenvalue weighted by Crippen LogP contribution is 2.30. The molecular weight excluding hydrogens is 663 g/mol. The van der Waals surface area contributed by atoms with Gasteiger partial charge in [0.05, 0.1) is 31.5 Å². The summed E-state index contributed by atoms with van der Waals surface area (Å²) in [4.78, 5) is 42.2. The van der Waals surface area contributed by atoms with E-state index in [0.717, 1.165) is 55.7 Å². The van der Waals surface area contributed by atoms with Crippen molar-refractivity contribution in [2.75, 3.05) is 29.9 Å². The molecule has 4 aromatic carbocycles. The van der Waals surface area contributed by atoms with Gasteiger partial charge in [-0.05, 0) is 67.8 Å². The molecule has 1 N–H and O–H groups in total. The van der Waals surface area contributed by atoms with Crippen LogP contribution in [0.2, 0.25) is 0 Å². The first-order valence-electron chi connectivity index (χ1n) is 18.5. The minimum atomic E-state index is -0.711. The highest BCUT2D eigenvalue weighted by atomic mass is 16.6. The number of hydrogen-bond donors (Lipinski definition) is 1. The highest BCUT2D eigenvalue weighted by Gasteiger charge is 2.37. The Kier molecular flexibility index (Phi) is 13.0. The average molecular weight is 715 g/mol. The number of anilines is 2. The first-order valence-corrected chi connectivity index (χ1v) is 18.5. The Balaban J connectivity index is 1.41. The molecule has 1 aliphatic rings. The molecule has 0 bridgehead atoms. The fraction of sp³-hybridized carbons (Fsp3) is 0.311. The van der Waals surface area contributed by atoms with Gasteiger partial charge in [-0.3, -0.25) is 19.4 Å². The molecular formula is C45H52N3O5+. The SMILES string of the molecule is C=Cc1ccc(COc2ccc(NC(=O)OC(C)(C)C)c(C(=O)/C=C/[N+]3(CCc4ccccc4)CCC(N(C(=O)CC)c4ccccc4)CC3)c2)cc1. The molecule has 0 saturated carbocycles. The first kappa shape index (κ1) is 38.8. The maximum Gasteiger partial charge on any atom is 0.412 e. The molecule has 0 radical (unpaired) electrons. The zero-order valence-electron chi connectivity index (χ0n) is 31.4. The van der Waals surface area contributed by atoms with Crippen molar-refractivity contribution in [2.24, 2.45) is 0 Å². The van der Waals surface area contributed by atoms with Gasteiger partial charge in [0.2, 0.25) is 5.91 Å². The van der Waals surface area contributed by atoms with Crippen molar-refractivity contribution in [1.29, 1.82) is 0 Å². The molecule has 0 aliphatic carbocycles. The number of amides is 2. The first-order chi connectivity index (χ1) is 25.5. The number of para-hydroxylation sites is 1. The summed E-state index contributed by atoms with van der Waals surface area (Å²) in [5.74, 6) is 0.347. The number of rotatable bonds is 14. The summed E-state index contributed by atoms with van der Waals surface area (Å²) in [5, 5.41) is 2.78. The third kappa shape index (κ3) is 11.0. The van der Waals surface area contributed by atoms with Gasteiger partial charge < -0.3 is 14.4 Å². The standard InChI is InChI=1S/C45H51N3O5/c1-6-34-18-20-36(21-19-34)33-52-39-22-23-41(46-44(51)53-45(3,4)5)40(32-39)42(49)27-31-48(28-24-35-14-10-8-11-15-35)29-25-38(26-30-48)47(43(50)7-2)37-16-12-9-13-17-37/h6,8-23,27,31-32,38H,1,7,24-26,28-30,33H2,2-5H3/p+1/b31-27+. The molecule has 5 rings (SSSR count). The van der Waals surface area contributed by atoms with E-state index in [1.165, 1.54) is 5.56 Å². The van der Waals surface area contributed by atoms with E-state index in [-0.39, 0.29) is 17.7 Å². The van der Waals surface area contributed by atoms with Gasteiger partial charge in [0.25, 0.3) is 0 Å². The second kappa shape index (κ2) is 17.8. The molecule has 2 amide bonds. The van der Waals surface area contributed by atoms with Crippen LogP contribution in [-0.4, -0.2) is 53.5 Å². The molecule has 276 valence electrons. The lowest BCUT2D eigenvalue weighted by atomic mass is 9.98. The number of quaternary nitrogens is 1. The van der Waals surface area contributed by atoms with Crippen molar-refractivity contribution in [3.05, 3.63) is 144 Å². The van der Waals surface area contributed by atoms with Crippen LogP contribution in [0.3, 0.4) is 0 Å². The number of nitrogens with one attached hydrogen (secondary N) is 1. The van der Waals surface area contributed by atoms with E-state index >= 15 is 0 Å². The Morgan fingerprint density at radius 2 is 1.55 bits per heavy atom. The quantitative estimate of drug-likeness (QED) is 0.0799. The van der Waals surface area contributed by atoms with Crippen molar-refractivity contribution in [2.45, 2.75) is 71.6 Å². The van der Waals surface area contributed by atoms with Crippen molar-refractivity contribution >= 4 is 35.2 Å². The summed E-state index contributed by atoms with van der Waals surface area (Å²) < 4.78 is 12.2. The van der Waals surface area contributed by atoms with Gasteiger partial charge >= 0.3 is 6.09 Å². The van der Waals surface area contributed by atoms with Crippen LogP contribution in [0.15, 0.2) is 122 Å². The summed E-state index contributed by atoms with van der Waals surface area (Å²) >= 11 is 0. The molecule has 4 aromatic rings. The van der Waals surface area contributed by atoms with E-state index in [2.05, 4.69) is 24.0 Å². The molecule has 0 atom stereocenters. The van der Waals surface area contributed by atoms with E-state index in [1.807, 2.05) is 90.8 Å². The second-order valence-corrected chi connectivity index (χ2v) is 14.6. The van der Waals surface area contributed by atoms with Crippen molar-refractivity contribution in [1.82, 2.24) is 0 Å². The molecule has 1 heterocycles. The molecule has 0 unspecified atom stereocenters. The van der Waals surface area contributed by atoms with E-state index in [4.69, 9.17) is 9.47 Å². The number of carbonyl (C=O) groups excluding carboxylic acids is 3. The molecule has 8 heteroatoms. The van der Waals surface area contributed by atoms with Gasteiger partial charge in [-0.1, -0.05) is 92.4 Å². The largest absolute Gasteiger partial charge is 0.489 e. The third-order valence-corrected chi connectivity index (χ3v) is 9.53. The Bertz CT molecular complexity index is 1870. The van der Waals surface area contributed by atoms with Gasteiger partial charge in [-0.25, -0.2) is 4.79 Å². The lowest BCUT2D eigenvalue weighted by Gasteiger charge is -2.44. The van der Waals surface area contributed by atoms with Crippen LogP contribution in [0.1, 0.15) is 74.0 Å². The normalized spacial score (nSPS) is 17.2. The van der Waals surface area contributed by atoms with E-state index in [1.54, 1.807) is 51.1 Å². The number of likely N-dealkylation sites (tertiary alicyclic amines) is 1. The van der Waals surface area contributed by atoms with Crippen LogP contribution in [-0.2, 0) is 22.6 Å². The third-order valence-electron chi connectivity index (χ3n) is 9.53. The average Bonchev–Trinajstić information content (AvgIpc) is 3.16. The maximum atomic E-state index is 14.2. The zero-order chi connectivity index (χ0) is 37.8. The summed E-state index contributed by atoms with van der Waals surface area (Å²) in [6.45, 7) is 13.7. The predicted molar refractivity (Wildman–Crippen MR) is 213 cm³/mol. The minimum Gasteiger partial charge on any atom is -0.489 e. The minimum absolute atomic E-state index is 0.0587. The topological polar surface area (TPSA) is 84.9 Å². The van der Waals surface area contributed by atoms with Crippen LogP contribution in [0.25, 0.3) is 6.08 Å². The van der Waals surface area contributed by atoms with Crippen LogP contribution in [0.4, 0.5) is 16.2 Å². The van der Waals surface area contributed by atoms with Crippen LogP contribution in [0, 0.1) is 0 Å². The van der Waals surface area contributed by atoms with Crippen molar-refractivity contribution < 1.29 is 28.3 Å². The van der Waals surface area contributed by atoms with Crippen molar-refractivity contribution in [3.63, 3.8) is 0 Å². The van der Waals surface area contributed by atoms with E-state index in [0.29, 0.717) is 34.5 Å². The lowest BCUT2D eigenvalue weighted by Crippen LogP contribution is -2.55. The number of benzene rings is 4. The number of ether oxygens (including phenoxy) is 2. The fourth-order valence-electron chi connectivity index (χ4n) is 6.66. The monoisotopic (exact) mass is 714 g/mol. The number of ketones is 1. The van der Waals surface area contributed by atoms with Crippen LogP contribution < -0.4 is 15.0 Å². The Hall–Kier alpha value is -5.47. The Morgan fingerprint density at radius 1 is 0.887 bits per heavy atom. The number of piperidine rings is 1. The molecule has 53 heavy (non-hydrogen) atoms. The molecule has 0 aromatic heterocycles. The van der Waals surface area contributed by atoms with E-state index in [9.17, 15) is 14.4 Å². The molecule has 0 spiro atoms. The van der Waals surface area contributed by atoms with Crippen molar-refractivity contribution in [3.8, 4) is 5.75 Å². The second-order valence-electron chi connectivity index (χ2n) is 14.6. The number of carbonyl (C=O) groups is 3. The molecule has 1 fully saturated rings. The van der Waals surface area contributed by atoms with Gasteiger partial charge in [-0.15, -0.1) is 0 Å². The molecule has 1 saturated heterocycles. The van der Waals surface area contributed by atoms with Gasteiger partial charge in [0.15, 0.2) is 5.78 Å². The van der Waals surface area contributed by atoms with E-state index < -0.39 is 11.7 Å². The van der Waals surface area contributed by atoms with Gasteiger partial charge in [-0.2, -0.15) is 0 Å².